The van der Waals surface area contributed by atoms with Gasteiger partial charge in [-0.2, -0.15) is 13.2 Å². The molecule has 94 valence electrons. The molecule has 8 heteroatoms. The molecular weight excluding hydrogens is 364 g/mol. The van der Waals surface area contributed by atoms with Crippen LogP contribution in [0.4, 0.5) is 18.9 Å². The molecule has 1 heterocycles. The van der Waals surface area contributed by atoms with E-state index in [9.17, 15) is 23.3 Å². The van der Waals surface area contributed by atoms with Crippen LogP contribution in [-0.2, 0) is 6.18 Å². The van der Waals surface area contributed by atoms with Gasteiger partial charge in [0.05, 0.1) is 16.0 Å². The minimum absolute atomic E-state index is 0.0597. The lowest BCUT2D eigenvalue weighted by Crippen LogP contribution is -2.07. The molecule has 0 spiro atoms. The van der Waals surface area contributed by atoms with E-state index in [0.29, 0.717) is 0 Å². The van der Waals surface area contributed by atoms with Crippen molar-refractivity contribution in [3.63, 3.8) is 0 Å². The van der Waals surface area contributed by atoms with Crippen molar-refractivity contribution in [2.45, 2.75) is 6.18 Å². The van der Waals surface area contributed by atoms with Crippen molar-refractivity contribution in [1.29, 1.82) is 0 Å². The van der Waals surface area contributed by atoms with E-state index in [1.807, 2.05) is 0 Å². The fourth-order valence-corrected chi connectivity index (χ4v) is 2.46. The molecule has 2 aromatic rings. The van der Waals surface area contributed by atoms with Crippen LogP contribution in [0.3, 0.4) is 0 Å². The van der Waals surface area contributed by atoms with Crippen molar-refractivity contribution >= 4 is 39.2 Å². The van der Waals surface area contributed by atoms with Gasteiger partial charge in [0.1, 0.15) is 9.77 Å². The molecule has 0 aliphatic rings. The van der Waals surface area contributed by atoms with E-state index in [4.69, 9.17) is 0 Å². The normalized spacial score (nSPS) is 11.8. The summed E-state index contributed by atoms with van der Waals surface area (Å²) in [5.74, 6) is 0. The largest absolute Gasteiger partial charge is 0.417 e. The lowest BCUT2D eigenvalue weighted by Gasteiger charge is -2.10. The van der Waals surface area contributed by atoms with Gasteiger partial charge in [0.2, 0.25) is 0 Å². The maximum absolute atomic E-state index is 12.8. The summed E-state index contributed by atoms with van der Waals surface area (Å²) in [6.07, 6.45) is -3.61. The highest BCUT2D eigenvalue weighted by Gasteiger charge is 2.34. The highest BCUT2D eigenvalue weighted by atomic mass is 127. The van der Waals surface area contributed by atoms with Gasteiger partial charge in [0.25, 0.3) is 0 Å². The zero-order chi connectivity index (χ0) is 13.5. The average molecular weight is 368 g/mol. The van der Waals surface area contributed by atoms with E-state index in [-0.39, 0.29) is 14.5 Å². The number of nitro groups is 1. The third-order valence-electron chi connectivity index (χ3n) is 2.31. The molecule has 0 aliphatic heterocycles. The Hall–Kier alpha value is -1.45. The van der Waals surface area contributed by atoms with Crippen molar-refractivity contribution < 1.29 is 18.1 Å². The molecule has 0 saturated heterocycles. The van der Waals surface area contributed by atoms with Gasteiger partial charge >= 0.3 is 11.9 Å². The quantitative estimate of drug-likeness (QED) is 0.438. The standard InChI is InChI=1S/C10H4F3IN2O2/c11-10(12,13)5-2-1-3-6-8(5)9(14)7(4-15-6)16(17)18/h1-4H. The third-order valence-corrected chi connectivity index (χ3v) is 3.41. The maximum atomic E-state index is 12.8. The molecule has 0 fully saturated rings. The lowest BCUT2D eigenvalue weighted by atomic mass is 10.1. The Morgan fingerprint density at radius 3 is 2.56 bits per heavy atom. The van der Waals surface area contributed by atoms with E-state index in [0.717, 1.165) is 12.3 Å². The fraction of sp³-hybridized carbons (Fsp3) is 0.100. The summed E-state index contributed by atoms with van der Waals surface area (Å²) in [5.41, 5.74) is -1.26. The van der Waals surface area contributed by atoms with Gasteiger partial charge in [-0.15, -0.1) is 0 Å². The number of fused-ring (bicyclic) bond motifs is 1. The highest BCUT2D eigenvalue weighted by molar-refractivity contribution is 14.1. The zero-order valence-electron chi connectivity index (χ0n) is 8.53. The predicted molar refractivity (Wildman–Crippen MR) is 66.1 cm³/mol. The molecule has 18 heavy (non-hydrogen) atoms. The highest BCUT2D eigenvalue weighted by Crippen LogP contribution is 2.38. The molecule has 0 N–H and O–H groups in total. The topological polar surface area (TPSA) is 56.0 Å². The number of halogens is 4. The smallest absolute Gasteiger partial charge is 0.258 e. The Labute approximate surface area is 112 Å². The van der Waals surface area contributed by atoms with E-state index in [1.165, 1.54) is 34.7 Å². The van der Waals surface area contributed by atoms with Gasteiger partial charge in [0, 0.05) is 5.39 Å². The van der Waals surface area contributed by atoms with Crippen LogP contribution >= 0.6 is 22.6 Å². The number of hydrogen-bond acceptors (Lipinski definition) is 3. The Balaban J connectivity index is 2.90. The van der Waals surface area contributed by atoms with Crippen molar-refractivity contribution in [3.8, 4) is 0 Å². The molecule has 0 aliphatic carbocycles. The number of nitrogens with zero attached hydrogens (tertiary/aromatic N) is 2. The van der Waals surface area contributed by atoms with E-state index in [2.05, 4.69) is 4.98 Å². The number of hydrogen-bond donors (Lipinski definition) is 0. The Kier molecular flexibility index (Phi) is 3.13. The minimum atomic E-state index is -4.57. The van der Waals surface area contributed by atoms with E-state index >= 15 is 0 Å². The number of aromatic nitrogens is 1. The summed E-state index contributed by atoms with van der Waals surface area (Å²) in [5, 5.41) is 10.5. The van der Waals surface area contributed by atoms with Gasteiger partial charge in [-0.1, -0.05) is 6.07 Å². The number of pyridine rings is 1. The molecular formula is C10H4F3IN2O2. The summed E-state index contributed by atoms with van der Waals surface area (Å²) < 4.78 is 38.4. The van der Waals surface area contributed by atoms with Gasteiger partial charge < -0.3 is 0 Å². The Bertz CT molecular complexity index is 643. The Morgan fingerprint density at radius 1 is 1.33 bits per heavy atom. The Morgan fingerprint density at radius 2 is 2.00 bits per heavy atom. The van der Waals surface area contributed by atoms with Crippen LogP contribution in [0, 0.1) is 13.7 Å². The lowest BCUT2D eigenvalue weighted by molar-refractivity contribution is -0.386. The fourth-order valence-electron chi connectivity index (χ4n) is 1.56. The molecule has 1 aromatic heterocycles. The third kappa shape index (κ3) is 2.11. The van der Waals surface area contributed by atoms with Crippen LogP contribution in [-0.4, -0.2) is 9.91 Å². The zero-order valence-corrected chi connectivity index (χ0v) is 10.7. The molecule has 0 amide bonds. The molecule has 0 atom stereocenters. The first-order chi connectivity index (χ1) is 8.32. The van der Waals surface area contributed by atoms with Crippen molar-refractivity contribution in [3.05, 3.63) is 43.6 Å². The molecule has 2 rings (SSSR count). The van der Waals surface area contributed by atoms with Gasteiger partial charge in [0.15, 0.2) is 0 Å². The SMILES string of the molecule is O=[N+]([O-])c1cnc2cccc(C(F)(F)F)c2c1I. The maximum Gasteiger partial charge on any atom is 0.417 e. The van der Waals surface area contributed by atoms with Crippen molar-refractivity contribution in [2.24, 2.45) is 0 Å². The predicted octanol–water partition coefficient (Wildman–Crippen LogP) is 3.77. The summed E-state index contributed by atoms with van der Waals surface area (Å²) in [4.78, 5) is 13.6. The van der Waals surface area contributed by atoms with E-state index in [1.54, 1.807) is 0 Å². The van der Waals surface area contributed by atoms with Gasteiger partial charge in [-0.3, -0.25) is 10.1 Å². The molecule has 0 saturated carbocycles. The summed E-state index contributed by atoms with van der Waals surface area (Å²) in [6.45, 7) is 0. The first kappa shape index (κ1) is 13.0. The summed E-state index contributed by atoms with van der Waals surface area (Å²) in [6, 6.07) is 3.49. The van der Waals surface area contributed by atoms with Crippen LogP contribution < -0.4 is 0 Å². The number of benzene rings is 1. The van der Waals surface area contributed by atoms with Crippen LogP contribution in [0.5, 0.6) is 0 Å². The number of alkyl halides is 3. The number of rotatable bonds is 1. The second kappa shape index (κ2) is 4.34. The van der Waals surface area contributed by atoms with Crippen molar-refractivity contribution in [1.82, 2.24) is 4.98 Å². The minimum Gasteiger partial charge on any atom is -0.258 e. The summed E-state index contributed by atoms with van der Waals surface area (Å²) in [7, 11) is 0. The van der Waals surface area contributed by atoms with Crippen LogP contribution in [0.15, 0.2) is 24.4 Å². The molecule has 1 aromatic carbocycles. The second-order valence-electron chi connectivity index (χ2n) is 3.41. The van der Waals surface area contributed by atoms with Crippen LogP contribution in [0.2, 0.25) is 0 Å². The van der Waals surface area contributed by atoms with Gasteiger partial charge in [-0.25, -0.2) is 4.98 Å². The molecule has 0 radical (unpaired) electrons. The average Bonchev–Trinajstić information content (AvgIpc) is 2.27. The van der Waals surface area contributed by atoms with Gasteiger partial charge in [-0.05, 0) is 34.7 Å². The van der Waals surface area contributed by atoms with Crippen LogP contribution in [0.25, 0.3) is 10.9 Å². The monoisotopic (exact) mass is 368 g/mol. The first-order valence-electron chi connectivity index (χ1n) is 4.61. The molecule has 0 unspecified atom stereocenters. The first-order valence-corrected chi connectivity index (χ1v) is 5.69. The van der Waals surface area contributed by atoms with Crippen molar-refractivity contribution in [2.75, 3.05) is 0 Å². The summed E-state index contributed by atoms with van der Waals surface area (Å²) >= 11 is 1.54. The van der Waals surface area contributed by atoms with E-state index < -0.39 is 22.4 Å². The molecule has 4 nitrogen and oxygen atoms in total. The molecule has 0 bridgehead atoms. The second-order valence-corrected chi connectivity index (χ2v) is 4.49. The van der Waals surface area contributed by atoms with Crippen LogP contribution in [0.1, 0.15) is 5.56 Å².